The van der Waals surface area contributed by atoms with Gasteiger partial charge in [0, 0.05) is 12.1 Å². The summed E-state index contributed by atoms with van der Waals surface area (Å²) < 4.78 is 39.4. The van der Waals surface area contributed by atoms with Crippen LogP contribution in [0.25, 0.3) is 0 Å². The van der Waals surface area contributed by atoms with Gasteiger partial charge in [0.15, 0.2) is 4.90 Å². The minimum absolute atomic E-state index is 0.0237. The Morgan fingerprint density at radius 2 is 1.87 bits per heavy atom. The van der Waals surface area contributed by atoms with E-state index in [1.807, 2.05) is 6.92 Å². The SMILES string of the molecule is COc1cccc(OC)c1S(=O)(=O)NC1(CN)CCCCC1C. The molecule has 1 aromatic carbocycles. The monoisotopic (exact) mass is 342 g/mol. The average Bonchev–Trinajstić information content (AvgIpc) is 2.56. The summed E-state index contributed by atoms with van der Waals surface area (Å²) in [5, 5.41) is 0. The average molecular weight is 342 g/mol. The van der Waals surface area contributed by atoms with Crippen LogP contribution in [0.3, 0.4) is 0 Å². The lowest BCUT2D eigenvalue weighted by molar-refractivity contribution is 0.191. The van der Waals surface area contributed by atoms with Gasteiger partial charge < -0.3 is 15.2 Å². The third kappa shape index (κ3) is 3.46. The van der Waals surface area contributed by atoms with Gasteiger partial charge in [-0.05, 0) is 30.9 Å². The molecule has 1 fully saturated rings. The highest BCUT2D eigenvalue weighted by Gasteiger charge is 2.42. The van der Waals surface area contributed by atoms with Crippen molar-refractivity contribution in [1.82, 2.24) is 4.72 Å². The molecule has 0 spiro atoms. The summed E-state index contributed by atoms with van der Waals surface area (Å²) in [6.45, 7) is 2.32. The fourth-order valence-corrected chi connectivity index (χ4v) is 5.17. The second-order valence-electron chi connectivity index (χ2n) is 6.10. The van der Waals surface area contributed by atoms with Gasteiger partial charge in [-0.15, -0.1) is 0 Å². The van der Waals surface area contributed by atoms with E-state index in [4.69, 9.17) is 15.2 Å². The van der Waals surface area contributed by atoms with Crippen molar-refractivity contribution in [3.63, 3.8) is 0 Å². The number of nitrogens with one attached hydrogen (secondary N) is 1. The molecular weight excluding hydrogens is 316 g/mol. The lowest BCUT2D eigenvalue weighted by atomic mass is 9.74. The zero-order valence-corrected chi connectivity index (χ0v) is 14.8. The maximum absolute atomic E-state index is 13.0. The minimum Gasteiger partial charge on any atom is -0.495 e. The molecule has 23 heavy (non-hydrogen) atoms. The smallest absolute Gasteiger partial charge is 0.248 e. The van der Waals surface area contributed by atoms with Crippen LogP contribution in [0.1, 0.15) is 32.6 Å². The van der Waals surface area contributed by atoms with Gasteiger partial charge in [-0.3, -0.25) is 0 Å². The van der Waals surface area contributed by atoms with Gasteiger partial charge in [0.25, 0.3) is 0 Å². The van der Waals surface area contributed by atoms with E-state index in [2.05, 4.69) is 4.72 Å². The lowest BCUT2D eigenvalue weighted by Crippen LogP contribution is -2.59. The van der Waals surface area contributed by atoms with Crippen molar-refractivity contribution in [1.29, 1.82) is 0 Å². The summed E-state index contributed by atoms with van der Waals surface area (Å²) in [4.78, 5) is 0.0237. The maximum atomic E-state index is 13.0. The van der Waals surface area contributed by atoms with Crippen molar-refractivity contribution in [3.8, 4) is 11.5 Å². The standard InChI is InChI=1S/C16H26N2O4S/c1-12-7-4-5-10-16(12,11-17)18-23(19,20)15-13(21-2)8-6-9-14(15)22-3/h6,8-9,12,18H,4-5,7,10-11,17H2,1-3H3. The second-order valence-corrected chi connectivity index (χ2v) is 7.72. The summed E-state index contributed by atoms with van der Waals surface area (Å²) >= 11 is 0. The normalized spacial score (nSPS) is 25.1. The van der Waals surface area contributed by atoms with Crippen molar-refractivity contribution >= 4 is 10.0 Å². The molecule has 3 N–H and O–H groups in total. The molecule has 0 bridgehead atoms. The summed E-state index contributed by atoms with van der Waals surface area (Å²) in [6, 6.07) is 4.91. The van der Waals surface area contributed by atoms with Gasteiger partial charge in [0.05, 0.1) is 14.2 Å². The molecule has 0 saturated heterocycles. The van der Waals surface area contributed by atoms with Crippen LogP contribution in [-0.2, 0) is 10.0 Å². The van der Waals surface area contributed by atoms with Crippen LogP contribution in [0, 0.1) is 5.92 Å². The van der Waals surface area contributed by atoms with Crippen molar-refractivity contribution in [2.75, 3.05) is 20.8 Å². The Labute approximate surface area is 138 Å². The van der Waals surface area contributed by atoms with E-state index in [0.717, 1.165) is 25.7 Å². The largest absolute Gasteiger partial charge is 0.495 e. The van der Waals surface area contributed by atoms with Gasteiger partial charge in [0.2, 0.25) is 10.0 Å². The topological polar surface area (TPSA) is 90.6 Å². The predicted molar refractivity (Wildman–Crippen MR) is 89.3 cm³/mol. The molecule has 2 atom stereocenters. The number of hydrogen-bond acceptors (Lipinski definition) is 5. The molecule has 2 unspecified atom stereocenters. The van der Waals surface area contributed by atoms with E-state index in [1.165, 1.54) is 14.2 Å². The molecule has 1 aromatic rings. The highest BCUT2D eigenvalue weighted by Crippen LogP contribution is 2.37. The summed E-state index contributed by atoms with van der Waals surface area (Å²) in [7, 11) is -0.948. The number of sulfonamides is 1. The molecule has 2 rings (SSSR count). The van der Waals surface area contributed by atoms with Crippen LogP contribution in [-0.4, -0.2) is 34.7 Å². The third-order valence-corrected chi connectivity index (χ3v) is 6.42. The molecule has 6 nitrogen and oxygen atoms in total. The van der Waals surface area contributed by atoms with E-state index in [1.54, 1.807) is 18.2 Å². The van der Waals surface area contributed by atoms with Gasteiger partial charge in [0.1, 0.15) is 11.5 Å². The van der Waals surface area contributed by atoms with Gasteiger partial charge in [-0.1, -0.05) is 25.8 Å². The van der Waals surface area contributed by atoms with E-state index in [9.17, 15) is 8.42 Å². The molecule has 130 valence electrons. The number of ether oxygens (including phenoxy) is 2. The molecule has 1 aliphatic carbocycles. The first-order valence-corrected chi connectivity index (χ1v) is 9.33. The maximum Gasteiger partial charge on any atom is 0.248 e. The fourth-order valence-electron chi connectivity index (χ4n) is 3.31. The molecular formula is C16H26N2O4S. The Hall–Kier alpha value is -1.31. The number of hydrogen-bond donors (Lipinski definition) is 2. The van der Waals surface area contributed by atoms with E-state index in [0.29, 0.717) is 0 Å². The first-order valence-electron chi connectivity index (χ1n) is 7.85. The molecule has 0 aromatic heterocycles. The second kappa shape index (κ2) is 7.07. The molecule has 7 heteroatoms. The molecule has 1 aliphatic rings. The molecule has 1 saturated carbocycles. The zero-order valence-electron chi connectivity index (χ0n) is 14.0. The Balaban J connectivity index is 2.46. The highest BCUT2D eigenvalue weighted by molar-refractivity contribution is 7.89. The van der Waals surface area contributed by atoms with Gasteiger partial charge >= 0.3 is 0 Å². The number of nitrogens with two attached hydrogens (primary N) is 1. The molecule has 0 amide bonds. The van der Waals surface area contributed by atoms with Crippen molar-refractivity contribution in [3.05, 3.63) is 18.2 Å². The summed E-state index contributed by atoms with van der Waals surface area (Å²) in [5.41, 5.74) is 5.34. The first-order chi connectivity index (χ1) is 10.9. The zero-order chi connectivity index (χ0) is 17.1. The Morgan fingerprint density at radius 3 is 2.35 bits per heavy atom. The molecule has 0 aliphatic heterocycles. The summed E-state index contributed by atoms with van der Waals surface area (Å²) in [6.07, 6.45) is 3.76. The number of methoxy groups -OCH3 is 2. The Kier molecular flexibility index (Phi) is 5.54. The van der Waals surface area contributed by atoms with Gasteiger partial charge in [-0.2, -0.15) is 0 Å². The fraction of sp³-hybridized carbons (Fsp3) is 0.625. The van der Waals surface area contributed by atoms with Crippen LogP contribution >= 0.6 is 0 Å². The van der Waals surface area contributed by atoms with E-state index in [-0.39, 0.29) is 28.9 Å². The van der Waals surface area contributed by atoms with Crippen LogP contribution in [0.2, 0.25) is 0 Å². The molecule has 0 radical (unpaired) electrons. The van der Waals surface area contributed by atoms with Crippen LogP contribution in [0.5, 0.6) is 11.5 Å². The van der Waals surface area contributed by atoms with Gasteiger partial charge in [-0.25, -0.2) is 13.1 Å². The number of benzene rings is 1. The summed E-state index contributed by atoms with van der Waals surface area (Å²) in [5.74, 6) is 0.691. The van der Waals surface area contributed by atoms with Crippen LogP contribution in [0.15, 0.2) is 23.1 Å². The third-order valence-electron chi connectivity index (χ3n) is 4.81. The van der Waals surface area contributed by atoms with Crippen molar-refractivity contribution in [2.24, 2.45) is 11.7 Å². The van der Waals surface area contributed by atoms with Crippen molar-refractivity contribution < 1.29 is 17.9 Å². The quantitative estimate of drug-likeness (QED) is 0.824. The lowest BCUT2D eigenvalue weighted by Gasteiger charge is -2.42. The number of rotatable bonds is 6. The highest BCUT2D eigenvalue weighted by atomic mass is 32.2. The Morgan fingerprint density at radius 1 is 1.26 bits per heavy atom. The van der Waals surface area contributed by atoms with Crippen LogP contribution in [0.4, 0.5) is 0 Å². The first kappa shape index (κ1) is 18.0. The predicted octanol–water partition coefficient (Wildman–Crippen LogP) is 1.89. The van der Waals surface area contributed by atoms with E-state index < -0.39 is 15.6 Å². The van der Waals surface area contributed by atoms with E-state index >= 15 is 0 Å². The van der Waals surface area contributed by atoms with Crippen molar-refractivity contribution in [2.45, 2.75) is 43.0 Å². The molecule has 0 heterocycles. The Bertz CT molecular complexity index is 625. The van der Waals surface area contributed by atoms with Crippen LogP contribution < -0.4 is 19.9 Å². The minimum atomic E-state index is -3.83.